The summed E-state index contributed by atoms with van der Waals surface area (Å²) in [5.74, 6) is 0. The predicted octanol–water partition coefficient (Wildman–Crippen LogP) is 1.40. The van der Waals surface area contributed by atoms with Gasteiger partial charge in [-0.2, -0.15) is 0 Å². The number of hydrogen-bond acceptors (Lipinski definition) is 5. The molecule has 0 aromatic rings. The van der Waals surface area contributed by atoms with Crippen molar-refractivity contribution in [2.75, 3.05) is 33.0 Å². The Bertz CT molecular complexity index is 166. The third-order valence-electron chi connectivity index (χ3n) is 2.24. The number of ether oxygens (including phenoxy) is 1. The van der Waals surface area contributed by atoms with Gasteiger partial charge >= 0.3 is 8.80 Å². The third kappa shape index (κ3) is 6.49. The molecule has 0 heterocycles. The highest BCUT2D eigenvalue weighted by atomic mass is 28.4. The first-order valence-corrected chi connectivity index (χ1v) is 8.34. The molecule has 0 aliphatic heterocycles. The van der Waals surface area contributed by atoms with Crippen molar-refractivity contribution < 1.29 is 18.0 Å². The van der Waals surface area contributed by atoms with E-state index < -0.39 is 8.80 Å². The zero-order chi connectivity index (χ0) is 13.1. The molecular formula is C11H27NO4Si. The Morgan fingerprint density at radius 1 is 0.882 bits per heavy atom. The summed E-state index contributed by atoms with van der Waals surface area (Å²) >= 11 is 0. The highest BCUT2D eigenvalue weighted by Crippen LogP contribution is 2.19. The van der Waals surface area contributed by atoms with Gasteiger partial charge in [0.05, 0.1) is 6.10 Å². The van der Waals surface area contributed by atoms with Gasteiger partial charge in [0.2, 0.25) is 0 Å². The van der Waals surface area contributed by atoms with Crippen LogP contribution in [0.25, 0.3) is 0 Å². The van der Waals surface area contributed by atoms with Crippen molar-refractivity contribution in [1.29, 1.82) is 0 Å². The molecule has 5 nitrogen and oxygen atoms in total. The fraction of sp³-hybridized carbons (Fsp3) is 1.00. The molecule has 0 saturated heterocycles. The van der Waals surface area contributed by atoms with Crippen molar-refractivity contribution in [2.24, 2.45) is 5.73 Å². The Morgan fingerprint density at radius 2 is 1.35 bits per heavy atom. The Labute approximate surface area is 106 Å². The van der Waals surface area contributed by atoms with Crippen molar-refractivity contribution in [3.8, 4) is 0 Å². The normalized spacial score (nSPS) is 13.9. The van der Waals surface area contributed by atoms with Gasteiger partial charge in [-0.05, 0) is 27.7 Å². The van der Waals surface area contributed by atoms with Crippen LogP contribution in [0.1, 0.15) is 27.7 Å². The highest BCUT2D eigenvalue weighted by molar-refractivity contribution is 6.60. The summed E-state index contributed by atoms with van der Waals surface area (Å²) in [5.41, 5.74) is 5.69. The Hall–Kier alpha value is 0.0169. The number of hydrogen-bond donors (Lipinski definition) is 1. The third-order valence-corrected chi connectivity index (χ3v) is 5.38. The van der Waals surface area contributed by atoms with E-state index in [0.717, 1.165) is 0 Å². The second-order valence-electron chi connectivity index (χ2n) is 3.50. The van der Waals surface area contributed by atoms with E-state index in [-0.39, 0.29) is 6.10 Å². The average molecular weight is 265 g/mol. The van der Waals surface area contributed by atoms with Crippen LogP contribution in [0.2, 0.25) is 6.04 Å². The van der Waals surface area contributed by atoms with Gasteiger partial charge in [0, 0.05) is 39.0 Å². The fourth-order valence-corrected chi connectivity index (χ4v) is 4.45. The highest BCUT2D eigenvalue weighted by Gasteiger charge is 2.42. The average Bonchev–Trinajstić information content (AvgIpc) is 2.29. The minimum atomic E-state index is -2.62. The smallest absolute Gasteiger partial charge is 0.377 e. The van der Waals surface area contributed by atoms with E-state index in [1.54, 1.807) is 0 Å². The molecule has 0 aromatic carbocycles. The van der Waals surface area contributed by atoms with E-state index in [9.17, 15) is 0 Å². The van der Waals surface area contributed by atoms with Crippen molar-refractivity contribution in [3.63, 3.8) is 0 Å². The lowest BCUT2D eigenvalue weighted by Gasteiger charge is -2.31. The molecule has 0 spiro atoms. The van der Waals surface area contributed by atoms with Crippen LogP contribution < -0.4 is 5.73 Å². The molecule has 0 fully saturated rings. The van der Waals surface area contributed by atoms with Crippen molar-refractivity contribution in [2.45, 2.75) is 39.8 Å². The van der Waals surface area contributed by atoms with Gasteiger partial charge in [0.25, 0.3) is 0 Å². The van der Waals surface area contributed by atoms with E-state index in [4.69, 9.17) is 23.7 Å². The Balaban J connectivity index is 4.59. The molecule has 17 heavy (non-hydrogen) atoms. The van der Waals surface area contributed by atoms with Gasteiger partial charge in [0.15, 0.2) is 0 Å². The molecule has 6 heteroatoms. The van der Waals surface area contributed by atoms with Crippen LogP contribution in [0, 0.1) is 0 Å². The summed E-state index contributed by atoms with van der Waals surface area (Å²) < 4.78 is 22.8. The van der Waals surface area contributed by atoms with Gasteiger partial charge in [-0.25, -0.2) is 0 Å². The van der Waals surface area contributed by atoms with Crippen LogP contribution in [0.15, 0.2) is 0 Å². The first-order valence-electron chi connectivity index (χ1n) is 6.41. The van der Waals surface area contributed by atoms with Crippen molar-refractivity contribution in [1.82, 2.24) is 0 Å². The largest absolute Gasteiger partial charge is 0.503 e. The molecule has 0 saturated carbocycles. The zero-order valence-corrected chi connectivity index (χ0v) is 12.5. The van der Waals surface area contributed by atoms with Gasteiger partial charge in [-0.3, -0.25) is 0 Å². The Kier molecular flexibility index (Phi) is 10.00. The molecule has 0 amide bonds. The molecule has 0 aliphatic rings. The van der Waals surface area contributed by atoms with Gasteiger partial charge in [-0.15, -0.1) is 0 Å². The van der Waals surface area contributed by atoms with E-state index in [2.05, 4.69) is 0 Å². The van der Waals surface area contributed by atoms with Gasteiger partial charge in [-0.1, -0.05) is 0 Å². The number of rotatable bonds is 11. The summed E-state index contributed by atoms with van der Waals surface area (Å²) in [6.45, 7) is 10.6. The van der Waals surface area contributed by atoms with E-state index in [1.165, 1.54) is 0 Å². The molecule has 0 rings (SSSR count). The summed E-state index contributed by atoms with van der Waals surface area (Å²) in [6.07, 6.45) is -0.0590. The van der Waals surface area contributed by atoms with Gasteiger partial charge < -0.3 is 23.7 Å². The second kappa shape index (κ2) is 9.99. The van der Waals surface area contributed by atoms with E-state index >= 15 is 0 Å². The summed E-state index contributed by atoms with van der Waals surface area (Å²) in [5, 5.41) is 0. The molecule has 0 radical (unpaired) electrons. The first kappa shape index (κ1) is 17.0. The SMILES string of the molecule is CCOC(CN)C[Si](OCC)(OCC)OCC. The van der Waals surface area contributed by atoms with Crippen molar-refractivity contribution in [3.05, 3.63) is 0 Å². The molecular weight excluding hydrogens is 238 g/mol. The standard InChI is InChI=1S/C11H27NO4Si/c1-5-13-11(9-12)10-17(14-6-2,15-7-3)16-8-4/h11H,5-10,12H2,1-4H3. The van der Waals surface area contributed by atoms with Crippen LogP contribution in [0.3, 0.4) is 0 Å². The molecule has 1 unspecified atom stereocenters. The molecule has 0 aliphatic carbocycles. The minimum absolute atomic E-state index is 0.0590. The second-order valence-corrected chi connectivity index (χ2v) is 6.14. The van der Waals surface area contributed by atoms with Crippen LogP contribution in [0.4, 0.5) is 0 Å². The fourth-order valence-electron chi connectivity index (χ4n) is 1.69. The topological polar surface area (TPSA) is 62.9 Å². The van der Waals surface area contributed by atoms with Crippen molar-refractivity contribution >= 4 is 8.80 Å². The zero-order valence-electron chi connectivity index (χ0n) is 11.5. The van der Waals surface area contributed by atoms with Crippen LogP contribution in [0.5, 0.6) is 0 Å². The monoisotopic (exact) mass is 265 g/mol. The van der Waals surface area contributed by atoms with E-state index in [0.29, 0.717) is 39.0 Å². The molecule has 2 N–H and O–H groups in total. The maximum Gasteiger partial charge on any atom is 0.503 e. The molecule has 0 aromatic heterocycles. The maximum absolute atomic E-state index is 5.75. The predicted molar refractivity (Wildman–Crippen MR) is 69.9 cm³/mol. The lowest BCUT2D eigenvalue weighted by Crippen LogP contribution is -2.50. The lowest BCUT2D eigenvalue weighted by molar-refractivity contribution is 0.0337. The molecule has 104 valence electrons. The van der Waals surface area contributed by atoms with Crippen LogP contribution in [-0.2, 0) is 18.0 Å². The van der Waals surface area contributed by atoms with Crippen LogP contribution in [-0.4, -0.2) is 47.9 Å². The van der Waals surface area contributed by atoms with Gasteiger partial charge in [0.1, 0.15) is 0 Å². The summed E-state index contributed by atoms with van der Waals surface area (Å²) in [4.78, 5) is 0. The Morgan fingerprint density at radius 3 is 1.65 bits per heavy atom. The summed E-state index contributed by atoms with van der Waals surface area (Å²) in [7, 11) is -2.62. The van der Waals surface area contributed by atoms with E-state index in [1.807, 2.05) is 27.7 Å². The number of nitrogens with two attached hydrogens (primary N) is 1. The molecule has 1 atom stereocenters. The molecule has 0 bridgehead atoms. The van der Waals surface area contributed by atoms with Crippen LogP contribution >= 0.6 is 0 Å². The maximum atomic E-state index is 5.75. The minimum Gasteiger partial charge on any atom is -0.377 e. The first-order chi connectivity index (χ1) is 8.17. The quantitative estimate of drug-likeness (QED) is 0.572. The lowest BCUT2D eigenvalue weighted by atomic mass is 10.4. The summed E-state index contributed by atoms with van der Waals surface area (Å²) in [6, 6.07) is 0.618.